The van der Waals surface area contributed by atoms with E-state index in [2.05, 4.69) is 22.0 Å². The van der Waals surface area contributed by atoms with Crippen LogP contribution in [-0.4, -0.2) is 36.1 Å². The van der Waals surface area contributed by atoms with Gasteiger partial charge in [0, 0.05) is 36.2 Å². The highest BCUT2D eigenvalue weighted by atomic mass is 35.5. The maximum absolute atomic E-state index is 6.05. The van der Waals surface area contributed by atoms with E-state index in [0.29, 0.717) is 17.5 Å². The Morgan fingerprint density at radius 1 is 1.25 bits per heavy atom. The van der Waals surface area contributed by atoms with Gasteiger partial charge in [0.25, 0.3) is 0 Å². The molecule has 1 aromatic carbocycles. The van der Waals surface area contributed by atoms with E-state index in [4.69, 9.17) is 16.3 Å². The molecule has 0 atom stereocenters. The van der Waals surface area contributed by atoms with E-state index in [1.54, 1.807) is 6.20 Å². The summed E-state index contributed by atoms with van der Waals surface area (Å²) < 4.78 is 5.84. The lowest BCUT2D eigenvalue weighted by atomic mass is 10.2. The molecule has 0 N–H and O–H groups in total. The molecular formula is C16H17ClN2O. The summed E-state index contributed by atoms with van der Waals surface area (Å²) in [4.78, 5) is 6.69. The zero-order chi connectivity index (χ0) is 13.8. The average molecular weight is 289 g/mol. The summed E-state index contributed by atoms with van der Waals surface area (Å²) in [5.74, 6) is 0.664. The summed E-state index contributed by atoms with van der Waals surface area (Å²) in [6.45, 7) is 3.68. The fourth-order valence-corrected chi connectivity index (χ4v) is 2.57. The standard InChI is InChI=1S/C16H17ClN2O/c17-14-5-4-13-6-7-18-16(15(13)12-14)20-11-10-19-8-2-1-3-9-19/h1-2,4-7,12H,3,8-11H2. The minimum atomic E-state index is 0.645. The molecule has 0 spiro atoms. The molecule has 0 bridgehead atoms. The molecule has 0 radical (unpaired) electrons. The molecule has 2 heterocycles. The van der Waals surface area contributed by atoms with Crippen molar-refractivity contribution in [2.45, 2.75) is 6.42 Å². The maximum Gasteiger partial charge on any atom is 0.221 e. The van der Waals surface area contributed by atoms with Gasteiger partial charge in [-0.25, -0.2) is 4.98 Å². The van der Waals surface area contributed by atoms with Gasteiger partial charge in [0.15, 0.2) is 0 Å². The number of ether oxygens (including phenoxy) is 1. The molecule has 3 nitrogen and oxygen atoms in total. The summed E-state index contributed by atoms with van der Waals surface area (Å²) in [5, 5.41) is 2.77. The van der Waals surface area contributed by atoms with Gasteiger partial charge in [0.2, 0.25) is 5.88 Å². The monoisotopic (exact) mass is 288 g/mol. The van der Waals surface area contributed by atoms with Crippen molar-refractivity contribution in [3.8, 4) is 5.88 Å². The number of rotatable bonds is 4. The molecule has 0 aliphatic carbocycles. The van der Waals surface area contributed by atoms with Gasteiger partial charge in [0.05, 0.1) is 0 Å². The summed E-state index contributed by atoms with van der Waals surface area (Å²) in [7, 11) is 0. The van der Waals surface area contributed by atoms with Gasteiger partial charge < -0.3 is 4.74 Å². The van der Waals surface area contributed by atoms with Gasteiger partial charge in [-0.05, 0) is 30.0 Å². The Labute approximate surface area is 123 Å². The first kappa shape index (κ1) is 13.4. The number of nitrogens with zero attached hydrogens (tertiary/aromatic N) is 2. The van der Waals surface area contributed by atoms with Crippen molar-refractivity contribution in [2.75, 3.05) is 26.2 Å². The van der Waals surface area contributed by atoms with Crippen LogP contribution in [0, 0.1) is 0 Å². The Bertz CT molecular complexity index is 627. The normalized spacial score (nSPS) is 15.7. The number of hydrogen-bond donors (Lipinski definition) is 0. The Balaban J connectivity index is 1.67. The van der Waals surface area contributed by atoms with E-state index >= 15 is 0 Å². The van der Waals surface area contributed by atoms with E-state index in [0.717, 1.165) is 36.8 Å². The number of benzene rings is 1. The molecule has 3 rings (SSSR count). The molecule has 20 heavy (non-hydrogen) atoms. The molecule has 2 aromatic rings. The van der Waals surface area contributed by atoms with Crippen LogP contribution in [0.15, 0.2) is 42.6 Å². The summed E-state index contributed by atoms with van der Waals surface area (Å²) >= 11 is 6.05. The third-order valence-electron chi connectivity index (χ3n) is 3.48. The van der Waals surface area contributed by atoms with Gasteiger partial charge in [-0.1, -0.05) is 29.8 Å². The number of fused-ring (bicyclic) bond motifs is 1. The van der Waals surface area contributed by atoms with Crippen molar-refractivity contribution in [3.05, 3.63) is 47.6 Å². The molecule has 0 unspecified atom stereocenters. The highest BCUT2D eigenvalue weighted by molar-refractivity contribution is 6.31. The van der Waals surface area contributed by atoms with Gasteiger partial charge in [-0.2, -0.15) is 0 Å². The minimum Gasteiger partial charge on any atom is -0.476 e. The van der Waals surface area contributed by atoms with Crippen molar-refractivity contribution < 1.29 is 4.74 Å². The molecule has 1 aliphatic heterocycles. The SMILES string of the molecule is Clc1ccc2ccnc(OCCN3CC=CCC3)c2c1. The van der Waals surface area contributed by atoms with Crippen LogP contribution in [0.2, 0.25) is 5.02 Å². The number of halogens is 1. The second-order valence-electron chi connectivity index (χ2n) is 4.89. The molecule has 0 amide bonds. The molecular weight excluding hydrogens is 272 g/mol. The summed E-state index contributed by atoms with van der Waals surface area (Å²) in [5.41, 5.74) is 0. The zero-order valence-electron chi connectivity index (χ0n) is 11.3. The van der Waals surface area contributed by atoms with E-state index in [1.807, 2.05) is 24.3 Å². The van der Waals surface area contributed by atoms with Crippen molar-refractivity contribution in [1.29, 1.82) is 0 Å². The molecule has 4 heteroatoms. The van der Waals surface area contributed by atoms with Crippen molar-refractivity contribution in [1.82, 2.24) is 9.88 Å². The van der Waals surface area contributed by atoms with Crippen LogP contribution in [0.4, 0.5) is 0 Å². The van der Waals surface area contributed by atoms with Crippen LogP contribution >= 0.6 is 11.6 Å². The molecule has 1 aliphatic rings. The topological polar surface area (TPSA) is 25.4 Å². The van der Waals surface area contributed by atoms with Crippen molar-refractivity contribution >= 4 is 22.4 Å². The highest BCUT2D eigenvalue weighted by Gasteiger charge is 2.08. The first-order valence-electron chi connectivity index (χ1n) is 6.87. The Morgan fingerprint density at radius 2 is 2.20 bits per heavy atom. The number of aromatic nitrogens is 1. The maximum atomic E-state index is 6.05. The first-order chi connectivity index (χ1) is 9.83. The molecule has 0 saturated heterocycles. The third-order valence-corrected chi connectivity index (χ3v) is 3.72. The van der Waals surface area contributed by atoms with Crippen LogP contribution in [-0.2, 0) is 0 Å². The average Bonchev–Trinajstić information content (AvgIpc) is 2.49. The second kappa shape index (κ2) is 6.25. The van der Waals surface area contributed by atoms with E-state index < -0.39 is 0 Å². The highest BCUT2D eigenvalue weighted by Crippen LogP contribution is 2.26. The number of pyridine rings is 1. The third kappa shape index (κ3) is 3.11. The van der Waals surface area contributed by atoms with Gasteiger partial charge in [-0.3, -0.25) is 4.90 Å². The van der Waals surface area contributed by atoms with Gasteiger partial charge >= 0.3 is 0 Å². The molecule has 0 fully saturated rings. The smallest absolute Gasteiger partial charge is 0.221 e. The lowest BCUT2D eigenvalue weighted by molar-refractivity contribution is 0.218. The quantitative estimate of drug-likeness (QED) is 0.805. The number of hydrogen-bond acceptors (Lipinski definition) is 3. The van der Waals surface area contributed by atoms with E-state index in [9.17, 15) is 0 Å². The van der Waals surface area contributed by atoms with Crippen molar-refractivity contribution in [3.63, 3.8) is 0 Å². The van der Waals surface area contributed by atoms with Gasteiger partial charge in [0.1, 0.15) is 6.61 Å². The van der Waals surface area contributed by atoms with Crippen LogP contribution in [0.3, 0.4) is 0 Å². The minimum absolute atomic E-state index is 0.645. The summed E-state index contributed by atoms with van der Waals surface area (Å²) in [6.07, 6.45) is 7.34. The second-order valence-corrected chi connectivity index (χ2v) is 5.33. The zero-order valence-corrected chi connectivity index (χ0v) is 12.0. The predicted molar refractivity (Wildman–Crippen MR) is 82.4 cm³/mol. The lowest BCUT2D eigenvalue weighted by Gasteiger charge is -2.22. The Hall–Kier alpha value is -1.58. The van der Waals surface area contributed by atoms with Crippen LogP contribution in [0.25, 0.3) is 10.8 Å². The fourth-order valence-electron chi connectivity index (χ4n) is 2.39. The van der Waals surface area contributed by atoms with Crippen LogP contribution in [0.1, 0.15) is 6.42 Å². The van der Waals surface area contributed by atoms with Gasteiger partial charge in [-0.15, -0.1) is 0 Å². The van der Waals surface area contributed by atoms with Crippen LogP contribution in [0.5, 0.6) is 5.88 Å². The predicted octanol–water partition coefficient (Wildman–Crippen LogP) is 3.53. The Kier molecular flexibility index (Phi) is 4.19. The molecule has 1 aromatic heterocycles. The molecule has 0 saturated carbocycles. The van der Waals surface area contributed by atoms with Crippen molar-refractivity contribution in [2.24, 2.45) is 0 Å². The fraction of sp³-hybridized carbons (Fsp3) is 0.312. The first-order valence-corrected chi connectivity index (χ1v) is 7.25. The Morgan fingerprint density at radius 3 is 3.05 bits per heavy atom. The lowest BCUT2D eigenvalue weighted by Crippen LogP contribution is -2.31. The summed E-state index contributed by atoms with van der Waals surface area (Å²) in [6, 6.07) is 7.74. The molecule has 104 valence electrons. The largest absolute Gasteiger partial charge is 0.476 e. The van der Waals surface area contributed by atoms with Crippen LogP contribution < -0.4 is 4.74 Å². The van der Waals surface area contributed by atoms with E-state index in [-0.39, 0.29) is 0 Å². The van der Waals surface area contributed by atoms with E-state index in [1.165, 1.54) is 0 Å².